The molecule has 1 saturated heterocycles. The molecule has 10 heteroatoms. The lowest BCUT2D eigenvalue weighted by atomic mass is 10.2. The highest BCUT2D eigenvalue weighted by Crippen LogP contribution is 2.26. The molecule has 0 saturated carbocycles. The van der Waals surface area contributed by atoms with Gasteiger partial charge in [-0.1, -0.05) is 18.2 Å². The summed E-state index contributed by atoms with van der Waals surface area (Å²) in [7, 11) is 1.60. The second-order valence-corrected chi connectivity index (χ2v) is 5.72. The second kappa shape index (κ2) is 12.2. The fourth-order valence-electron chi connectivity index (χ4n) is 2.45. The van der Waals surface area contributed by atoms with Gasteiger partial charge in [0.2, 0.25) is 0 Å². The number of benzene rings is 1. The van der Waals surface area contributed by atoms with Crippen molar-refractivity contribution in [2.24, 2.45) is 4.99 Å². The second-order valence-electron chi connectivity index (χ2n) is 5.72. The Balaban J connectivity index is 0.00000364. The van der Waals surface area contributed by atoms with Crippen molar-refractivity contribution >= 4 is 29.9 Å². The first-order chi connectivity index (χ1) is 12.5. The predicted molar refractivity (Wildman–Crippen MR) is 107 cm³/mol. The standard InChI is InChI=1S/C17H24F3N3O3.HI/c1-21-16(22-8-4-9-25-14-7-10-24-12-14)23-11-13-5-2-3-6-15(13)26-17(18,19)20;/h2-3,5-6,14H,4,7-12H2,1H3,(H2,21,22,23);1H. The minimum atomic E-state index is -4.72. The molecule has 1 heterocycles. The van der Waals surface area contributed by atoms with Crippen LogP contribution in [0.5, 0.6) is 5.75 Å². The molecule has 1 fully saturated rings. The highest BCUT2D eigenvalue weighted by molar-refractivity contribution is 14.0. The topological polar surface area (TPSA) is 64.1 Å². The number of alkyl halides is 3. The zero-order chi connectivity index (χ0) is 18.8. The molecule has 0 spiro atoms. The van der Waals surface area contributed by atoms with Crippen molar-refractivity contribution in [1.29, 1.82) is 0 Å². The van der Waals surface area contributed by atoms with Crippen molar-refractivity contribution < 1.29 is 27.4 Å². The third-order valence-corrected chi connectivity index (χ3v) is 3.72. The van der Waals surface area contributed by atoms with Gasteiger partial charge < -0.3 is 24.8 Å². The van der Waals surface area contributed by atoms with Crippen molar-refractivity contribution in [3.63, 3.8) is 0 Å². The first kappa shape index (κ1) is 23.8. The Kier molecular flexibility index (Phi) is 10.8. The first-order valence-corrected chi connectivity index (χ1v) is 8.45. The van der Waals surface area contributed by atoms with Crippen LogP contribution in [0, 0.1) is 0 Å². The number of nitrogens with zero attached hydrogens (tertiary/aromatic N) is 1. The molecule has 2 N–H and O–H groups in total. The van der Waals surface area contributed by atoms with Crippen molar-refractivity contribution in [3.05, 3.63) is 29.8 Å². The maximum absolute atomic E-state index is 12.4. The molecule has 1 aromatic rings. The lowest BCUT2D eigenvalue weighted by Crippen LogP contribution is -2.37. The minimum absolute atomic E-state index is 0. The van der Waals surface area contributed by atoms with Gasteiger partial charge in [0.15, 0.2) is 5.96 Å². The van der Waals surface area contributed by atoms with Gasteiger partial charge >= 0.3 is 6.36 Å². The van der Waals surface area contributed by atoms with E-state index in [1.54, 1.807) is 19.2 Å². The molecule has 1 unspecified atom stereocenters. The molecular weight excluding hydrogens is 478 g/mol. The normalized spacial score (nSPS) is 17.3. The summed E-state index contributed by atoms with van der Waals surface area (Å²) in [6, 6.07) is 6.00. The Morgan fingerprint density at radius 2 is 2.07 bits per heavy atom. The van der Waals surface area contributed by atoms with Gasteiger partial charge in [-0.05, 0) is 18.9 Å². The lowest BCUT2D eigenvalue weighted by Gasteiger charge is -2.16. The molecule has 0 bridgehead atoms. The summed E-state index contributed by atoms with van der Waals surface area (Å²) in [6.45, 7) is 2.80. The van der Waals surface area contributed by atoms with Crippen LogP contribution in [0.3, 0.4) is 0 Å². The van der Waals surface area contributed by atoms with E-state index < -0.39 is 6.36 Å². The van der Waals surface area contributed by atoms with E-state index in [1.807, 2.05) is 0 Å². The molecule has 1 aromatic carbocycles. The number of hydrogen-bond acceptors (Lipinski definition) is 4. The van der Waals surface area contributed by atoms with Gasteiger partial charge in [0.05, 0.1) is 12.7 Å². The van der Waals surface area contributed by atoms with Gasteiger partial charge in [0, 0.05) is 38.9 Å². The van der Waals surface area contributed by atoms with Crippen molar-refractivity contribution in [3.8, 4) is 5.75 Å². The summed E-state index contributed by atoms with van der Waals surface area (Å²) < 4.78 is 52.2. The molecule has 0 radical (unpaired) electrons. The summed E-state index contributed by atoms with van der Waals surface area (Å²) in [5.41, 5.74) is 0.386. The molecule has 0 amide bonds. The van der Waals surface area contributed by atoms with Crippen LogP contribution in [-0.4, -0.2) is 51.8 Å². The highest BCUT2D eigenvalue weighted by Gasteiger charge is 2.31. The molecule has 1 aliphatic heterocycles. The van der Waals surface area contributed by atoms with E-state index in [0.29, 0.717) is 31.3 Å². The molecular formula is C17H25F3IN3O3. The summed E-state index contributed by atoms with van der Waals surface area (Å²) in [6.07, 6.45) is -2.83. The van der Waals surface area contributed by atoms with Crippen molar-refractivity contribution in [1.82, 2.24) is 10.6 Å². The molecule has 1 atom stereocenters. The number of nitrogens with one attached hydrogen (secondary N) is 2. The number of guanidine groups is 1. The van der Waals surface area contributed by atoms with Crippen LogP contribution in [0.15, 0.2) is 29.3 Å². The highest BCUT2D eigenvalue weighted by atomic mass is 127. The monoisotopic (exact) mass is 503 g/mol. The first-order valence-electron chi connectivity index (χ1n) is 8.45. The molecule has 154 valence electrons. The quantitative estimate of drug-likeness (QED) is 0.247. The van der Waals surface area contributed by atoms with Crippen LogP contribution in [0.1, 0.15) is 18.4 Å². The Labute approximate surface area is 173 Å². The summed E-state index contributed by atoms with van der Waals surface area (Å²) in [4.78, 5) is 4.05. The van der Waals surface area contributed by atoms with Gasteiger partial charge in [-0.25, -0.2) is 0 Å². The third kappa shape index (κ3) is 9.47. The number of halogens is 4. The molecule has 2 rings (SSSR count). The average Bonchev–Trinajstić information content (AvgIpc) is 3.10. The zero-order valence-corrected chi connectivity index (χ0v) is 17.4. The van der Waals surface area contributed by atoms with Gasteiger partial charge in [-0.3, -0.25) is 4.99 Å². The smallest absolute Gasteiger partial charge is 0.405 e. The van der Waals surface area contributed by atoms with E-state index >= 15 is 0 Å². The fraction of sp³-hybridized carbons (Fsp3) is 0.588. The van der Waals surface area contributed by atoms with Crippen LogP contribution in [0.25, 0.3) is 0 Å². The van der Waals surface area contributed by atoms with Crippen molar-refractivity contribution in [2.75, 3.05) is 33.4 Å². The van der Waals surface area contributed by atoms with E-state index in [4.69, 9.17) is 9.47 Å². The summed E-state index contributed by atoms with van der Waals surface area (Å²) in [5, 5.41) is 6.07. The van der Waals surface area contributed by atoms with Crippen LogP contribution in [-0.2, 0) is 16.0 Å². The Bertz CT molecular complexity index is 582. The number of para-hydroxylation sites is 1. The Morgan fingerprint density at radius 3 is 2.74 bits per heavy atom. The van der Waals surface area contributed by atoms with E-state index in [0.717, 1.165) is 19.4 Å². The summed E-state index contributed by atoms with van der Waals surface area (Å²) in [5.74, 6) is 0.270. The fourth-order valence-corrected chi connectivity index (χ4v) is 2.45. The maximum atomic E-state index is 12.4. The number of ether oxygens (including phenoxy) is 3. The minimum Gasteiger partial charge on any atom is -0.405 e. The van der Waals surface area contributed by atoms with Crippen LogP contribution < -0.4 is 15.4 Å². The third-order valence-electron chi connectivity index (χ3n) is 3.72. The molecule has 0 aromatic heterocycles. The van der Waals surface area contributed by atoms with Gasteiger partial charge in [0.25, 0.3) is 0 Å². The van der Waals surface area contributed by atoms with Crippen molar-refractivity contribution in [2.45, 2.75) is 31.9 Å². The largest absolute Gasteiger partial charge is 0.573 e. The Hall–Kier alpha value is -1.27. The van der Waals surface area contributed by atoms with Gasteiger partial charge in [-0.2, -0.15) is 0 Å². The molecule has 27 heavy (non-hydrogen) atoms. The lowest BCUT2D eigenvalue weighted by molar-refractivity contribution is -0.274. The molecule has 6 nitrogen and oxygen atoms in total. The van der Waals surface area contributed by atoms with Crippen LogP contribution >= 0.6 is 24.0 Å². The van der Waals surface area contributed by atoms with E-state index in [1.165, 1.54) is 12.1 Å². The van der Waals surface area contributed by atoms with E-state index in [9.17, 15) is 13.2 Å². The summed E-state index contributed by atoms with van der Waals surface area (Å²) >= 11 is 0. The Morgan fingerprint density at radius 1 is 1.30 bits per heavy atom. The molecule has 1 aliphatic rings. The van der Waals surface area contributed by atoms with Gasteiger partial charge in [0.1, 0.15) is 5.75 Å². The molecule has 0 aliphatic carbocycles. The maximum Gasteiger partial charge on any atom is 0.573 e. The zero-order valence-electron chi connectivity index (χ0n) is 15.1. The average molecular weight is 503 g/mol. The SMILES string of the molecule is CN=C(NCCCOC1CCOC1)NCc1ccccc1OC(F)(F)F.I. The van der Waals surface area contributed by atoms with Crippen LogP contribution in [0.2, 0.25) is 0 Å². The van der Waals surface area contributed by atoms with E-state index in [-0.39, 0.29) is 42.4 Å². The van der Waals surface area contributed by atoms with E-state index in [2.05, 4.69) is 20.4 Å². The van der Waals surface area contributed by atoms with Crippen LogP contribution in [0.4, 0.5) is 13.2 Å². The van der Waals surface area contributed by atoms with Gasteiger partial charge in [-0.15, -0.1) is 37.1 Å². The predicted octanol–water partition coefficient (Wildman–Crippen LogP) is 3.06. The number of rotatable bonds is 8. The number of hydrogen-bond donors (Lipinski definition) is 2. The number of aliphatic imine (C=N–C) groups is 1.